The van der Waals surface area contributed by atoms with Crippen LogP contribution in [0.1, 0.15) is 27.4 Å². The SMILES string of the molecule is Cc1cc(-c2ccc(C)c(C)c2)nc(C(=O)O)n1. The van der Waals surface area contributed by atoms with Gasteiger partial charge >= 0.3 is 5.97 Å². The van der Waals surface area contributed by atoms with Crippen molar-refractivity contribution in [3.63, 3.8) is 0 Å². The fourth-order valence-corrected chi connectivity index (χ4v) is 1.71. The summed E-state index contributed by atoms with van der Waals surface area (Å²) in [6, 6.07) is 7.73. The zero-order valence-corrected chi connectivity index (χ0v) is 10.6. The molecule has 92 valence electrons. The molecule has 1 aromatic heterocycles. The number of aromatic nitrogens is 2. The summed E-state index contributed by atoms with van der Waals surface area (Å²) in [5, 5.41) is 8.95. The first-order chi connectivity index (χ1) is 8.47. The molecular formula is C14H14N2O2. The zero-order valence-electron chi connectivity index (χ0n) is 10.6. The standard InChI is InChI=1S/C14H14N2O2/c1-8-4-5-11(6-9(8)2)12-7-10(3)15-13(16-12)14(17)18/h4-7H,1-3H3,(H,17,18). The molecule has 4 nitrogen and oxygen atoms in total. The van der Waals surface area contributed by atoms with Crippen molar-refractivity contribution in [2.75, 3.05) is 0 Å². The van der Waals surface area contributed by atoms with Crippen molar-refractivity contribution < 1.29 is 9.90 Å². The fourth-order valence-electron chi connectivity index (χ4n) is 1.71. The molecule has 1 aromatic carbocycles. The Kier molecular flexibility index (Phi) is 3.10. The quantitative estimate of drug-likeness (QED) is 0.879. The first-order valence-corrected chi connectivity index (χ1v) is 5.64. The van der Waals surface area contributed by atoms with Gasteiger partial charge in [-0.2, -0.15) is 0 Å². The number of carboxylic acids is 1. The normalized spacial score (nSPS) is 10.4. The molecule has 0 bridgehead atoms. The lowest BCUT2D eigenvalue weighted by atomic mass is 10.0. The van der Waals surface area contributed by atoms with E-state index in [9.17, 15) is 4.79 Å². The molecule has 0 saturated heterocycles. The topological polar surface area (TPSA) is 63.1 Å². The summed E-state index contributed by atoms with van der Waals surface area (Å²) in [6.07, 6.45) is 0. The van der Waals surface area contributed by atoms with Crippen LogP contribution >= 0.6 is 0 Å². The van der Waals surface area contributed by atoms with E-state index in [0.29, 0.717) is 11.4 Å². The van der Waals surface area contributed by atoms with Gasteiger partial charge in [0.2, 0.25) is 5.82 Å². The van der Waals surface area contributed by atoms with Gasteiger partial charge < -0.3 is 5.11 Å². The van der Waals surface area contributed by atoms with Gasteiger partial charge in [0.25, 0.3) is 0 Å². The number of aromatic carboxylic acids is 1. The minimum atomic E-state index is -1.11. The van der Waals surface area contributed by atoms with Crippen molar-refractivity contribution in [2.24, 2.45) is 0 Å². The zero-order chi connectivity index (χ0) is 13.3. The Morgan fingerprint density at radius 1 is 1.06 bits per heavy atom. The van der Waals surface area contributed by atoms with Crippen molar-refractivity contribution in [2.45, 2.75) is 20.8 Å². The molecule has 0 unspecified atom stereocenters. The lowest BCUT2D eigenvalue weighted by Crippen LogP contribution is -2.06. The minimum absolute atomic E-state index is 0.164. The van der Waals surface area contributed by atoms with E-state index in [-0.39, 0.29) is 5.82 Å². The predicted octanol–water partition coefficient (Wildman–Crippen LogP) is 2.77. The molecule has 0 atom stereocenters. The number of nitrogens with zero attached hydrogens (tertiary/aromatic N) is 2. The number of benzene rings is 1. The Labute approximate surface area is 105 Å². The Balaban J connectivity index is 2.56. The molecular weight excluding hydrogens is 228 g/mol. The molecule has 0 saturated carbocycles. The lowest BCUT2D eigenvalue weighted by Gasteiger charge is -2.06. The molecule has 2 rings (SSSR count). The highest BCUT2D eigenvalue weighted by atomic mass is 16.4. The summed E-state index contributed by atoms with van der Waals surface area (Å²) in [5.74, 6) is -1.27. The molecule has 4 heteroatoms. The van der Waals surface area contributed by atoms with Crippen molar-refractivity contribution in [3.8, 4) is 11.3 Å². The average Bonchev–Trinajstić information content (AvgIpc) is 2.31. The van der Waals surface area contributed by atoms with Crippen LogP contribution in [0.3, 0.4) is 0 Å². The molecule has 0 amide bonds. The third kappa shape index (κ3) is 2.37. The van der Waals surface area contributed by atoms with E-state index < -0.39 is 5.97 Å². The molecule has 1 N–H and O–H groups in total. The average molecular weight is 242 g/mol. The first kappa shape index (κ1) is 12.2. The van der Waals surface area contributed by atoms with Crippen LogP contribution in [0.5, 0.6) is 0 Å². The number of hydrogen-bond acceptors (Lipinski definition) is 3. The van der Waals surface area contributed by atoms with Gasteiger partial charge in [0.15, 0.2) is 0 Å². The molecule has 1 heterocycles. The molecule has 0 fully saturated rings. The van der Waals surface area contributed by atoms with Crippen LogP contribution in [0.15, 0.2) is 24.3 Å². The summed E-state index contributed by atoms with van der Waals surface area (Å²) in [6.45, 7) is 5.82. The maximum atomic E-state index is 10.9. The van der Waals surface area contributed by atoms with Gasteiger partial charge in [0.05, 0.1) is 5.69 Å². The second kappa shape index (κ2) is 4.56. The van der Waals surface area contributed by atoms with Crippen LogP contribution in [0.4, 0.5) is 0 Å². The van der Waals surface area contributed by atoms with E-state index in [1.54, 1.807) is 13.0 Å². The van der Waals surface area contributed by atoms with E-state index in [1.807, 2.05) is 32.0 Å². The maximum Gasteiger partial charge on any atom is 0.373 e. The number of carboxylic acid groups (broad SMARTS) is 1. The van der Waals surface area contributed by atoms with Crippen molar-refractivity contribution in [3.05, 3.63) is 46.9 Å². The van der Waals surface area contributed by atoms with Crippen molar-refractivity contribution in [1.82, 2.24) is 9.97 Å². The van der Waals surface area contributed by atoms with Gasteiger partial charge in [-0.25, -0.2) is 14.8 Å². The number of aryl methyl sites for hydroxylation is 3. The second-order valence-corrected chi connectivity index (χ2v) is 4.32. The summed E-state index contributed by atoms with van der Waals surface area (Å²) in [7, 11) is 0. The summed E-state index contributed by atoms with van der Waals surface area (Å²) in [4.78, 5) is 18.9. The van der Waals surface area contributed by atoms with Crippen LogP contribution in [0, 0.1) is 20.8 Å². The Morgan fingerprint density at radius 3 is 2.39 bits per heavy atom. The molecule has 2 aromatic rings. The van der Waals surface area contributed by atoms with E-state index in [1.165, 1.54) is 5.56 Å². The van der Waals surface area contributed by atoms with E-state index in [4.69, 9.17) is 5.11 Å². The largest absolute Gasteiger partial charge is 0.475 e. The Hall–Kier alpha value is -2.23. The minimum Gasteiger partial charge on any atom is -0.475 e. The third-order valence-electron chi connectivity index (χ3n) is 2.85. The van der Waals surface area contributed by atoms with Crippen LogP contribution in [0.25, 0.3) is 11.3 Å². The van der Waals surface area contributed by atoms with E-state index >= 15 is 0 Å². The van der Waals surface area contributed by atoms with Crippen LogP contribution in [0.2, 0.25) is 0 Å². The smallest absolute Gasteiger partial charge is 0.373 e. The highest BCUT2D eigenvalue weighted by Gasteiger charge is 2.10. The van der Waals surface area contributed by atoms with Gasteiger partial charge in [-0.3, -0.25) is 0 Å². The van der Waals surface area contributed by atoms with Gasteiger partial charge in [0, 0.05) is 11.3 Å². The Morgan fingerprint density at radius 2 is 1.78 bits per heavy atom. The van der Waals surface area contributed by atoms with Gasteiger partial charge in [0.1, 0.15) is 0 Å². The van der Waals surface area contributed by atoms with Crippen LogP contribution in [-0.2, 0) is 0 Å². The first-order valence-electron chi connectivity index (χ1n) is 5.64. The maximum absolute atomic E-state index is 10.9. The molecule has 18 heavy (non-hydrogen) atoms. The van der Waals surface area contributed by atoms with Crippen LogP contribution < -0.4 is 0 Å². The fraction of sp³-hybridized carbons (Fsp3) is 0.214. The highest BCUT2D eigenvalue weighted by Crippen LogP contribution is 2.21. The van der Waals surface area contributed by atoms with Crippen molar-refractivity contribution in [1.29, 1.82) is 0 Å². The monoisotopic (exact) mass is 242 g/mol. The molecule has 0 aliphatic rings. The van der Waals surface area contributed by atoms with E-state index in [0.717, 1.165) is 11.1 Å². The number of carbonyl (C=O) groups is 1. The third-order valence-corrected chi connectivity index (χ3v) is 2.85. The van der Waals surface area contributed by atoms with Gasteiger partial charge in [-0.05, 0) is 44.0 Å². The molecule has 0 radical (unpaired) electrons. The van der Waals surface area contributed by atoms with Crippen molar-refractivity contribution >= 4 is 5.97 Å². The van der Waals surface area contributed by atoms with E-state index in [2.05, 4.69) is 9.97 Å². The summed E-state index contributed by atoms with van der Waals surface area (Å²) >= 11 is 0. The second-order valence-electron chi connectivity index (χ2n) is 4.32. The Bertz CT molecular complexity index is 621. The van der Waals surface area contributed by atoms with Crippen LogP contribution in [-0.4, -0.2) is 21.0 Å². The van der Waals surface area contributed by atoms with Gasteiger partial charge in [-0.15, -0.1) is 0 Å². The lowest BCUT2D eigenvalue weighted by molar-refractivity contribution is 0.0683. The summed E-state index contributed by atoms with van der Waals surface area (Å²) in [5.41, 5.74) is 4.55. The molecule has 0 aliphatic heterocycles. The van der Waals surface area contributed by atoms with Gasteiger partial charge in [-0.1, -0.05) is 12.1 Å². The summed E-state index contributed by atoms with van der Waals surface area (Å²) < 4.78 is 0. The molecule has 0 aliphatic carbocycles. The highest BCUT2D eigenvalue weighted by molar-refractivity contribution is 5.84. The number of hydrogen-bond donors (Lipinski definition) is 1. The predicted molar refractivity (Wildman–Crippen MR) is 68.6 cm³/mol. The molecule has 0 spiro atoms. The number of rotatable bonds is 2.